The number of hydrogen-bond acceptors (Lipinski definition) is 3. The van der Waals surface area contributed by atoms with Gasteiger partial charge >= 0.3 is 0 Å². The van der Waals surface area contributed by atoms with Crippen molar-refractivity contribution in [2.24, 2.45) is 0 Å². The number of aliphatic hydroxyl groups excluding tert-OH is 1. The molecule has 1 unspecified atom stereocenters. The Bertz CT molecular complexity index is 494. The lowest BCUT2D eigenvalue weighted by Gasteiger charge is -2.14. The van der Waals surface area contributed by atoms with Crippen molar-refractivity contribution in [3.8, 4) is 5.75 Å². The van der Waals surface area contributed by atoms with E-state index in [0.717, 1.165) is 11.1 Å². The van der Waals surface area contributed by atoms with Crippen LogP contribution in [0.1, 0.15) is 22.9 Å². The fourth-order valence-electron chi connectivity index (χ4n) is 1.69. The number of rotatable bonds is 3. The summed E-state index contributed by atoms with van der Waals surface area (Å²) in [4.78, 5) is 4.22. The second-order valence-electron chi connectivity index (χ2n) is 3.90. The molecule has 3 nitrogen and oxygen atoms in total. The standard InChI is InChI=1S/C14H15NO2/c1-10-7-8-12(15-9-10)14(16)11-5-3-4-6-13(11)17-2/h3-9,14,16H,1-2H3. The molecule has 1 aromatic heterocycles. The molecule has 2 aromatic rings. The Morgan fingerprint density at radius 2 is 1.94 bits per heavy atom. The highest BCUT2D eigenvalue weighted by molar-refractivity contribution is 5.38. The van der Waals surface area contributed by atoms with Crippen molar-refractivity contribution in [1.82, 2.24) is 4.98 Å². The lowest BCUT2D eigenvalue weighted by Crippen LogP contribution is -2.04. The summed E-state index contributed by atoms with van der Waals surface area (Å²) < 4.78 is 5.22. The normalized spacial score (nSPS) is 12.2. The molecule has 17 heavy (non-hydrogen) atoms. The summed E-state index contributed by atoms with van der Waals surface area (Å²) in [5.41, 5.74) is 2.42. The number of pyridine rings is 1. The molecule has 2 rings (SSSR count). The monoisotopic (exact) mass is 229 g/mol. The average molecular weight is 229 g/mol. The van der Waals surface area contributed by atoms with Gasteiger partial charge in [-0.15, -0.1) is 0 Å². The molecule has 0 fully saturated rings. The smallest absolute Gasteiger partial charge is 0.125 e. The molecule has 1 aromatic carbocycles. The molecule has 3 heteroatoms. The number of ether oxygens (including phenoxy) is 1. The highest BCUT2D eigenvalue weighted by Gasteiger charge is 2.15. The molecule has 0 amide bonds. The number of methoxy groups -OCH3 is 1. The van der Waals surface area contributed by atoms with E-state index in [1.165, 1.54) is 0 Å². The van der Waals surface area contributed by atoms with Gasteiger partial charge in [-0.25, -0.2) is 0 Å². The van der Waals surface area contributed by atoms with Gasteiger partial charge in [-0.3, -0.25) is 4.98 Å². The molecule has 0 aliphatic carbocycles. The zero-order chi connectivity index (χ0) is 12.3. The Hall–Kier alpha value is -1.87. The molecule has 1 N–H and O–H groups in total. The van der Waals surface area contributed by atoms with Crippen LogP contribution in [-0.2, 0) is 0 Å². The second-order valence-corrected chi connectivity index (χ2v) is 3.90. The Morgan fingerprint density at radius 1 is 1.18 bits per heavy atom. The minimum absolute atomic E-state index is 0.625. The van der Waals surface area contributed by atoms with E-state index in [-0.39, 0.29) is 0 Å². The molecule has 88 valence electrons. The molecular formula is C14H15NO2. The van der Waals surface area contributed by atoms with Crippen LogP contribution in [0.3, 0.4) is 0 Å². The van der Waals surface area contributed by atoms with Gasteiger partial charge in [0.15, 0.2) is 0 Å². The number of nitrogens with zero attached hydrogens (tertiary/aromatic N) is 1. The van der Waals surface area contributed by atoms with Gasteiger partial charge in [0.05, 0.1) is 12.8 Å². The summed E-state index contributed by atoms with van der Waals surface area (Å²) in [6.07, 6.45) is 0.986. The van der Waals surface area contributed by atoms with E-state index in [1.54, 1.807) is 13.3 Å². The molecule has 0 aliphatic heterocycles. The van der Waals surface area contributed by atoms with Crippen LogP contribution in [0, 0.1) is 6.92 Å². The summed E-state index contributed by atoms with van der Waals surface area (Å²) >= 11 is 0. The molecule has 1 atom stereocenters. The predicted octanol–water partition coefficient (Wildman–Crippen LogP) is 2.48. The third-order valence-electron chi connectivity index (χ3n) is 2.65. The minimum atomic E-state index is -0.758. The number of aliphatic hydroxyl groups is 1. The average Bonchev–Trinajstić information content (AvgIpc) is 2.39. The molecule has 0 saturated heterocycles. The maximum atomic E-state index is 10.3. The first kappa shape index (κ1) is 11.6. The lowest BCUT2D eigenvalue weighted by atomic mass is 10.0. The molecular weight excluding hydrogens is 214 g/mol. The third kappa shape index (κ3) is 2.45. The topological polar surface area (TPSA) is 42.4 Å². The third-order valence-corrected chi connectivity index (χ3v) is 2.65. The predicted molar refractivity (Wildman–Crippen MR) is 66.0 cm³/mol. The van der Waals surface area contributed by atoms with E-state index in [2.05, 4.69) is 4.98 Å². The van der Waals surface area contributed by atoms with Gasteiger partial charge in [0, 0.05) is 11.8 Å². The van der Waals surface area contributed by atoms with Crippen molar-refractivity contribution in [2.75, 3.05) is 7.11 Å². The maximum Gasteiger partial charge on any atom is 0.125 e. The number of aryl methyl sites for hydroxylation is 1. The molecule has 0 bridgehead atoms. The quantitative estimate of drug-likeness (QED) is 0.879. The van der Waals surface area contributed by atoms with Crippen LogP contribution in [0.15, 0.2) is 42.6 Å². The van der Waals surface area contributed by atoms with Crippen molar-refractivity contribution in [2.45, 2.75) is 13.0 Å². The molecule has 1 heterocycles. The summed E-state index contributed by atoms with van der Waals surface area (Å²) in [7, 11) is 1.59. The van der Waals surface area contributed by atoms with Crippen LogP contribution in [0.25, 0.3) is 0 Å². The van der Waals surface area contributed by atoms with E-state index in [4.69, 9.17) is 4.74 Å². The number of benzene rings is 1. The first-order chi connectivity index (χ1) is 8.22. The van der Waals surface area contributed by atoms with Gasteiger partial charge in [-0.2, -0.15) is 0 Å². The fourth-order valence-corrected chi connectivity index (χ4v) is 1.69. The largest absolute Gasteiger partial charge is 0.496 e. The molecule has 0 radical (unpaired) electrons. The van der Waals surface area contributed by atoms with Crippen LogP contribution in [-0.4, -0.2) is 17.2 Å². The van der Waals surface area contributed by atoms with Crippen LogP contribution < -0.4 is 4.74 Å². The van der Waals surface area contributed by atoms with Crippen LogP contribution >= 0.6 is 0 Å². The molecule has 0 aliphatic rings. The number of hydrogen-bond donors (Lipinski definition) is 1. The fraction of sp³-hybridized carbons (Fsp3) is 0.214. The Balaban J connectivity index is 2.36. The van der Waals surface area contributed by atoms with E-state index in [9.17, 15) is 5.11 Å². The van der Waals surface area contributed by atoms with Crippen molar-refractivity contribution >= 4 is 0 Å². The highest BCUT2D eigenvalue weighted by Crippen LogP contribution is 2.28. The summed E-state index contributed by atoms with van der Waals surface area (Å²) in [5, 5.41) is 10.3. The summed E-state index contributed by atoms with van der Waals surface area (Å²) in [6.45, 7) is 1.96. The van der Waals surface area contributed by atoms with Crippen LogP contribution in [0.5, 0.6) is 5.75 Å². The molecule has 0 spiro atoms. The van der Waals surface area contributed by atoms with Gasteiger partial charge < -0.3 is 9.84 Å². The summed E-state index contributed by atoms with van der Waals surface area (Å²) in [5.74, 6) is 0.669. The summed E-state index contributed by atoms with van der Waals surface area (Å²) in [6, 6.07) is 11.2. The van der Waals surface area contributed by atoms with Crippen molar-refractivity contribution in [3.63, 3.8) is 0 Å². The van der Waals surface area contributed by atoms with Crippen LogP contribution in [0.2, 0.25) is 0 Å². The highest BCUT2D eigenvalue weighted by atomic mass is 16.5. The zero-order valence-corrected chi connectivity index (χ0v) is 9.92. The number of para-hydroxylation sites is 1. The first-order valence-electron chi connectivity index (χ1n) is 5.46. The van der Waals surface area contributed by atoms with Crippen LogP contribution in [0.4, 0.5) is 0 Å². The van der Waals surface area contributed by atoms with E-state index in [1.807, 2.05) is 43.3 Å². The number of aromatic nitrogens is 1. The maximum absolute atomic E-state index is 10.3. The van der Waals surface area contributed by atoms with E-state index < -0.39 is 6.10 Å². The van der Waals surface area contributed by atoms with Crippen molar-refractivity contribution < 1.29 is 9.84 Å². The SMILES string of the molecule is COc1ccccc1C(O)c1ccc(C)cn1. The second kappa shape index (κ2) is 4.97. The Labute approximate surface area is 101 Å². The zero-order valence-electron chi connectivity index (χ0n) is 9.92. The van der Waals surface area contributed by atoms with Crippen molar-refractivity contribution in [1.29, 1.82) is 0 Å². The first-order valence-corrected chi connectivity index (χ1v) is 5.46. The van der Waals surface area contributed by atoms with Gasteiger partial charge in [0.2, 0.25) is 0 Å². The van der Waals surface area contributed by atoms with Gasteiger partial charge in [-0.05, 0) is 24.6 Å². The molecule has 0 saturated carbocycles. The Kier molecular flexibility index (Phi) is 3.40. The van der Waals surface area contributed by atoms with Gasteiger partial charge in [0.25, 0.3) is 0 Å². The van der Waals surface area contributed by atoms with Gasteiger partial charge in [-0.1, -0.05) is 24.3 Å². The minimum Gasteiger partial charge on any atom is -0.496 e. The van der Waals surface area contributed by atoms with E-state index >= 15 is 0 Å². The van der Waals surface area contributed by atoms with Gasteiger partial charge in [0.1, 0.15) is 11.9 Å². The van der Waals surface area contributed by atoms with Crippen molar-refractivity contribution in [3.05, 3.63) is 59.4 Å². The van der Waals surface area contributed by atoms with E-state index in [0.29, 0.717) is 11.4 Å². The Morgan fingerprint density at radius 3 is 2.59 bits per heavy atom. The lowest BCUT2D eigenvalue weighted by molar-refractivity contribution is 0.210.